The van der Waals surface area contributed by atoms with Crippen molar-refractivity contribution in [3.63, 3.8) is 0 Å². The van der Waals surface area contributed by atoms with E-state index >= 15 is 0 Å². The minimum absolute atomic E-state index is 0.0330. The molecule has 0 saturated carbocycles. The first-order valence-corrected chi connectivity index (χ1v) is 8.46. The van der Waals surface area contributed by atoms with Gasteiger partial charge in [0.05, 0.1) is 6.42 Å². The molecule has 23 heavy (non-hydrogen) atoms. The first-order valence-electron chi connectivity index (χ1n) is 8.46. The third-order valence-corrected chi connectivity index (χ3v) is 5.39. The molecule has 5 heteroatoms. The molecule has 1 spiro atoms. The lowest BCUT2D eigenvalue weighted by Gasteiger charge is -2.44. The standard InChI is InChI=1S/C18H25N3O2/c19-16(22)13-14-3-1-2-4-15(14)17(23)21-11-7-18(8-12-21)5-9-20-10-6-18/h1-4,20H,5-13H2,(H2,19,22). The van der Waals surface area contributed by atoms with Gasteiger partial charge in [-0.3, -0.25) is 9.59 Å². The van der Waals surface area contributed by atoms with Crippen molar-refractivity contribution in [2.24, 2.45) is 11.1 Å². The summed E-state index contributed by atoms with van der Waals surface area (Å²) in [6.07, 6.45) is 4.71. The summed E-state index contributed by atoms with van der Waals surface area (Å²) in [7, 11) is 0. The second-order valence-corrected chi connectivity index (χ2v) is 6.84. The summed E-state index contributed by atoms with van der Waals surface area (Å²) in [5, 5.41) is 3.42. The maximum absolute atomic E-state index is 12.8. The Kier molecular flexibility index (Phi) is 4.66. The first kappa shape index (κ1) is 16.0. The number of piperidine rings is 2. The number of hydrogen-bond acceptors (Lipinski definition) is 3. The van der Waals surface area contributed by atoms with E-state index < -0.39 is 5.91 Å². The largest absolute Gasteiger partial charge is 0.369 e. The van der Waals surface area contributed by atoms with Crippen LogP contribution in [0.2, 0.25) is 0 Å². The van der Waals surface area contributed by atoms with Gasteiger partial charge in [0.25, 0.3) is 5.91 Å². The highest BCUT2D eigenvalue weighted by Crippen LogP contribution is 2.39. The molecule has 2 fully saturated rings. The molecule has 2 aliphatic heterocycles. The van der Waals surface area contributed by atoms with E-state index in [0.717, 1.165) is 44.6 Å². The molecule has 0 aliphatic carbocycles. The number of rotatable bonds is 3. The van der Waals surface area contributed by atoms with Crippen molar-refractivity contribution in [1.29, 1.82) is 0 Å². The van der Waals surface area contributed by atoms with Gasteiger partial charge in [-0.15, -0.1) is 0 Å². The maximum Gasteiger partial charge on any atom is 0.254 e. The fourth-order valence-electron chi connectivity index (χ4n) is 3.88. The lowest BCUT2D eigenvalue weighted by atomic mass is 9.71. The number of benzene rings is 1. The van der Waals surface area contributed by atoms with E-state index in [1.165, 1.54) is 12.8 Å². The smallest absolute Gasteiger partial charge is 0.254 e. The number of nitrogens with two attached hydrogens (primary N) is 1. The molecule has 2 aliphatic rings. The topological polar surface area (TPSA) is 75.4 Å². The predicted molar refractivity (Wildman–Crippen MR) is 89.0 cm³/mol. The highest BCUT2D eigenvalue weighted by Gasteiger charge is 2.37. The summed E-state index contributed by atoms with van der Waals surface area (Å²) in [6, 6.07) is 7.30. The maximum atomic E-state index is 12.8. The molecule has 0 unspecified atom stereocenters. The fourth-order valence-corrected chi connectivity index (χ4v) is 3.88. The van der Waals surface area contributed by atoms with Crippen LogP contribution in [0.4, 0.5) is 0 Å². The Bertz CT molecular complexity index is 584. The Morgan fingerprint density at radius 1 is 1.09 bits per heavy atom. The second-order valence-electron chi connectivity index (χ2n) is 6.84. The normalized spacial score (nSPS) is 20.4. The van der Waals surface area contributed by atoms with E-state index in [1.54, 1.807) is 6.07 Å². The lowest BCUT2D eigenvalue weighted by Crippen LogP contribution is -2.47. The number of primary amides is 1. The van der Waals surface area contributed by atoms with Crippen LogP contribution in [0, 0.1) is 5.41 Å². The van der Waals surface area contributed by atoms with Gasteiger partial charge in [0.1, 0.15) is 0 Å². The van der Waals surface area contributed by atoms with E-state index in [2.05, 4.69) is 5.32 Å². The van der Waals surface area contributed by atoms with Crippen molar-refractivity contribution >= 4 is 11.8 Å². The Morgan fingerprint density at radius 2 is 1.74 bits per heavy atom. The molecule has 3 N–H and O–H groups in total. The fraction of sp³-hybridized carbons (Fsp3) is 0.556. The van der Waals surface area contributed by atoms with Crippen molar-refractivity contribution in [1.82, 2.24) is 10.2 Å². The van der Waals surface area contributed by atoms with Crippen molar-refractivity contribution in [2.45, 2.75) is 32.1 Å². The van der Waals surface area contributed by atoms with Gasteiger partial charge < -0.3 is 16.0 Å². The molecule has 0 radical (unpaired) electrons. The van der Waals surface area contributed by atoms with E-state index in [1.807, 2.05) is 23.1 Å². The van der Waals surface area contributed by atoms with Gasteiger partial charge in [0, 0.05) is 18.7 Å². The molecule has 0 aromatic heterocycles. The first-order chi connectivity index (χ1) is 11.1. The Hall–Kier alpha value is -1.88. The van der Waals surface area contributed by atoms with Crippen molar-refractivity contribution in [3.8, 4) is 0 Å². The highest BCUT2D eigenvalue weighted by atomic mass is 16.2. The molecular formula is C18H25N3O2. The van der Waals surface area contributed by atoms with Crippen LogP contribution in [0.15, 0.2) is 24.3 Å². The zero-order valence-corrected chi connectivity index (χ0v) is 13.5. The van der Waals surface area contributed by atoms with E-state index in [4.69, 9.17) is 5.73 Å². The molecule has 124 valence electrons. The summed E-state index contributed by atoms with van der Waals surface area (Å²) in [6.45, 7) is 3.80. The van der Waals surface area contributed by atoms with Gasteiger partial charge in [0.15, 0.2) is 0 Å². The van der Waals surface area contributed by atoms with Gasteiger partial charge in [-0.05, 0) is 55.8 Å². The van der Waals surface area contributed by atoms with Crippen LogP contribution in [-0.2, 0) is 11.2 Å². The number of carbonyl (C=O) groups is 2. The number of nitrogens with one attached hydrogen (secondary N) is 1. The van der Waals surface area contributed by atoms with Gasteiger partial charge in [0.2, 0.25) is 5.91 Å². The number of carbonyl (C=O) groups excluding carboxylic acids is 2. The number of likely N-dealkylation sites (tertiary alicyclic amines) is 1. The molecule has 2 heterocycles. The van der Waals surface area contributed by atoms with Gasteiger partial charge in [-0.1, -0.05) is 18.2 Å². The Morgan fingerprint density at radius 3 is 2.39 bits per heavy atom. The van der Waals surface area contributed by atoms with Crippen molar-refractivity contribution < 1.29 is 9.59 Å². The zero-order chi connectivity index (χ0) is 16.3. The second kappa shape index (κ2) is 6.71. The van der Waals surface area contributed by atoms with E-state index in [9.17, 15) is 9.59 Å². The van der Waals surface area contributed by atoms with Crippen molar-refractivity contribution in [3.05, 3.63) is 35.4 Å². The Balaban J connectivity index is 1.69. The quantitative estimate of drug-likeness (QED) is 0.883. The third kappa shape index (κ3) is 3.55. The van der Waals surface area contributed by atoms with E-state index in [0.29, 0.717) is 11.0 Å². The third-order valence-electron chi connectivity index (χ3n) is 5.39. The van der Waals surface area contributed by atoms with Crippen LogP contribution in [0.3, 0.4) is 0 Å². The molecule has 3 rings (SSSR count). The number of nitrogens with zero attached hydrogens (tertiary/aromatic N) is 1. The molecular weight excluding hydrogens is 290 g/mol. The molecule has 1 aromatic rings. The van der Waals surface area contributed by atoms with Crippen LogP contribution in [0.25, 0.3) is 0 Å². The minimum atomic E-state index is -0.405. The monoisotopic (exact) mass is 315 g/mol. The molecule has 1 aromatic carbocycles. The van der Waals surface area contributed by atoms with Gasteiger partial charge >= 0.3 is 0 Å². The number of hydrogen-bond donors (Lipinski definition) is 2. The average molecular weight is 315 g/mol. The molecule has 2 saturated heterocycles. The lowest BCUT2D eigenvalue weighted by molar-refractivity contribution is -0.117. The number of amides is 2. The molecule has 2 amide bonds. The molecule has 5 nitrogen and oxygen atoms in total. The zero-order valence-electron chi connectivity index (χ0n) is 13.5. The van der Waals surface area contributed by atoms with Crippen LogP contribution < -0.4 is 11.1 Å². The van der Waals surface area contributed by atoms with Crippen LogP contribution in [-0.4, -0.2) is 42.9 Å². The summed E-state index contributed by atoms with van der Waals surface area (Å²) in [5.41, 5.74) is 7.07. The SMILES string of the molecule is NC(=O)Cc1ccccc1C(=O)N1CCC2(CCNCC2)CC1. The van der Waals surface area contributed by atoms with Crippen molar-refractivity contribution in [2.75, 3.05) is 26.2 Å². The van der Waals surface area contributed by atoms with E-state index in [-0.39, 0.29) is 12.3 Å². The average Bonchev–Trinajstić information content (AvgIpc) is 2.56. The summed E-state index contributed by atoms with van der Waals surface area (Å²) in [5.74, 6) is -0.372. The van der Waals surface area contributed by atoms with Gasteiger partial charge in [-0.25, -0.2) is 0 Å². The molecule has 0 bridgehead atoms. The summed E-state index contributed by atoms with van der Waals surface area (Å²) < 4.78 is 0. The predicted octanol–water partition coefficient (Wildman–Crippen LogP) is 1.32. The summed E-state index contributed by atoms with van der Waals surface area (Å²) >= 11 is 0. The Labute approximate surface area is 137 Å². The van der Waals surface area contributed by atoms with Gasteiger partial charge in [-0.2, -0.15) is 0 Å². The summed E-state index contributed by atoms with van der Waals surface area (Å²) in [4.78, 5) is 26.0. The highest BCUT2D eigenvalue weighted by molar-refractivity contribution is 5.97. The van der Waals surface area contributed by atoms with Crippen LogP contribution in [0.5, 0.6) is 0 Å². The minimum Gasteiger partial charge on any atom is -0.369 e. The van der Waals surface area contributed by atoms with Crippen LogP contribution >= 0.6 is 0 Å². The van der Waals surface area contributed by atoms with Crippen LogP contribution in [0.1, 0.15) is 41.6 Å². The molecule has 0 atom stereocenters.